The van der Waals surface area contributed by atoms with Gasteiger partial charge in [0, 0.05) is 6.04 Å². The number of rotatable bonds is 5. The molecule has 0 amide bonds. The number of nitrogens with one attached hydrogen (secondary N) is 1. The molecule has 0 aromatic rings. The summed E-state index contributed by atoms with van der Waals surface area (Å²) < 4.78 is 0. The first-order valence-corrected chi connectivity index (χ1v) is 4.00. The minimum Gasteiger partial charge on any atom is -0.314 e. The molecule has 0 aromatic carbocycles. The molecule has 1 atom stereocenters. The van der Waals surface area contributed by atoms with Gasteiger partial charge in [-0.25, -0.2) is 0 Å². The van der Waals surface area contributed by atoms with E-state index in [-0.39, 0.29) is 0 Å². The van der Waals surface area contributed by atoms with E-state index in [0.29, 0.717) is 6.04 Å². The van der Waals surface area contributed by atoms with Crippen molar-refractivity contribution >= 4 is 0 Å². The highest BCUT2D eigenvalue weighted by Gasteiger charge is 2.00. The number of likely N-dealkylation sites (N-methyl/N-ethyl adjacent to an activating group) is 1. The van der Waals surface area contributed by atoms with Crippen molar-refractivity contribution in [3.05, 3.63) is 12.7 Å². The second kappa shape index (κ2) is 5.48. The molecular formula is C9H19N. The lowest BCUT2D eigenvalue weighted by Crippen LogP contribution is -2.22. The molecule has 60 valence electrons. The van der Waals surface area contributed by atoms with Crippen LogP contribution in [0.4, 0.5) is 0 Å². The number of hydrogen-bond donors (Lipinski definition) is 1. The van der Waals surface area contributed by atoms with Crippen molar-refractivity contribution in [1.29, 1.82) is 0 Å². The van der Waals surface area contributed by atoms with E-state index in [9.17, 15) is 0 Å². The van der Waals surface area contributed by atoms with Crippen LogP contribution < -0.4 is 5.32 Å². The van der Waals surface area contributed by atoms with Gasteiger partial charge in [0.15, 0.2) is 0 Å². The van der Waals surface area contributed by atoms with E-state index in [1.54, 1.807) is 0 Å². The third-order valence-electron chi connectivity index (χ3n) is 1.71. The fourth-order valence-corrected chi connectivity index (χ4v) is 0.893. The van der Waals surface area contributed by atoms with Gasteiger partial charge in [-0.05, 0) is 25.8 Å². The van der Waals surface area contributed by atoms with Crippen LogP contribution in [0.2, 0.25) is 0 Å². The minimum absolute atomic E-state index is 0.502. The van der Waals surface area contributed by atoms with E-state index < -0.39 is 0 Å². The summed E-state index contributed by atoms with van der Waals surface area (Å²) >= 11 is 0. The largest absolute Gasteiger partial charge is 0.314 e. The maximum atomic E-state index is 3.75. The van der Waals surface area contributed by atoms with Crippen molar-refractivity contribution in [2.45, 2.75) is 32.7 Å². The van der Waals surface area contributed by atoms with Gasteiger partial charge in [-0.1, -0.05) is 19.9 Å². The van der Waals surface area contributed by atoms with Crippen LogP contribution in [-0.4, -0.2) is 13.1 Å². The molecule has 1 nitrogen and oxygen atoms in total. The zero-order valence-corrected chi connectivity index (χ0v) is 7.35. The van der Waals surface area contributed by atoms with Gasteiger partial charge in [-0.15, -0.1) is 6.58 Å². The van der Waals surface area contributed by atoms with Crippen LogP contribution in [-0.2, 0) is 0 Å². The SMILES string of the molecule is C=CC(CCC(C)C)NC. The normalized spacial score (nSPS) is 13.6. The van der Waals surface area contributed by atoms with Gasteiger partial charge in [-0.2, -0.15) is 0 Å². The predicted molar refractivity (Wildman–Crippen MR) is 47.1 cm³/mol. The van der Waals surface area contributed by atoms with Crippen LogP contribution in [0, 0.1) is 5.92 Å². The quantitative estimate of drug-likeness (QED) is 0.579. The van der Waals surface area contributed by atoms with Crippen molar-refractivity contribution in [2.75, 3.05) is 7.05 Å². The highest BCUT2D eigenvalue weighted by Crippen LogP contribution is 2.06. The van der Waals surface area contributed by atoms with Crippen LogP contribution in [0.25, 0.3) is 0 Å². The molecule has 0 spiro atoms. The van der Waals surface area contributed by atoms with Gasteiger partial charge in [0.25, 0.3) is 0 Å². The molecule has 0 saturated carbocycles. The van der Waals surface area contributed by atoms with E-state index >= 15 is 0 Å². The van der Waals surface area contributed by atoms with Crippen LogP contribution in [0.3, 0.4) is 0 Å². The summed E-state index contributed by atoms with van der Waals surface area (Å²) in [6.45, 7) is 8.24. The molecule has 0 bridgehead atoms. The molecule has 0 aliphatic carbocycles. The third-order valence-corrected chi connectivity index (χ3v) is 1.71. The van der Waals surface area contributed by atoms with Crippen LogP contribution in [0.5, 0.6) is 0 Å². The van der Waals surface area contributed by atoms with Gasteiger partial charge in [0.05, 0.1) is 0 Å². The topological polar surface area (TPSA) is 12.0 Å². The third kappa shape index (κ3) is 4.57. The van der Waals surface area contributed by atoms with Crippen molar-refractivity contribution < 1.29 is 0 Å². The Morgan fingerprint density at radius 1 is 1.40 bits per heavy atom. The maximum absolute atomic E-state index is 3.75. The van der Waals surface area contributed by atoms with E-state index in [0.717, 1.165) is 5.92 Å². The summed E-state index contributed by atoms with van der Waals surface area (Å²) in [4.78, 5) is 0. The van der Waals surface area contributed by atoms with Gasteiger partial charge >= 0.3 is 0 Å². The van der Waals surface area contributed by atoms with Gasteiger partial charge in [0.2, 0.25) is 0 Å². The summed E-state index contributed by atoms with van der Waals surface area (Å²) in [5, 5.41) is 3.19. The van der Waals surface area contributed by atoms with E-state index in [1.165, 1.54) is 12.8 Å². The monoisotopic (exact) mass is 141 g/mol. The molecule has 0 rings (SSSR count). The summed E-state index contributed by atoms with van der Waals surface area (Å²) in [6, 6.07) is 0.502. The van der Waals surface area contributed by atoms with Gasteiger partial charge in [0.1, 0.15) is 0 Å². The van der Waals surface area contributed by atoms with E-state index in [4.69, 9.17) is 0 Å². The Hall–Kier alpha value is -0.300. The molecule has 0 aliphatic rings. The molecule has 1 heteroatoms. The number of hydrogen-bond acceptors (Lipinski definition) is 1. The molecule has 10 heavy (non-hydrogen) atoms. The zero-order valence-electron chi connectivity index (χ0n) is 7.35. The zero-order chi connectivity index (χ0) is 7.98. The molecule has 1 N–H and O–H groups in total. The second-order valence-corrected chi connectivity index (χ2v) is 3.10. The smallest absolute Gasteiger partial charge is 0.0244 e. The highest BCUT2D eigenvalue weighted by molar-refractivity contribution is 4.84. The van der Waals surface area contributed by atoms with Crippen molar-refractivity contribution in [3.63, 3.8) is 0 Å². The molecular weight excluding hydrogens is 122 g/mol. The fraction of sp³-hybridized carbons (Fsp3) is 0.778. The lowest BCUT2D eigenvalue weighted by molar-refractivity contribution is 0.500. The van der Waals surface area contributed by atoms with Crippen LogP contribution in [0.15, 0.2) is 12.7 Å². The van der Waals surface area contributed by atoms with E-state index in [1.807, 2.05) is 13.1 Å². The average Bonchev–Trinajstić information content (AvgIpc) is 1.90. The fourth-order valence-electron chi connectivity index (χ4n) is 0.893. The van der Waals surface area contributed by atoms with Crippen LogP contribution in [0.1, 0.15) is 26.7 Å². The molecule has 0 fully saturated rings. The highest BCUT2D eigenvalue weighted by atomic mass is 14.8. The molecule has 0 radical (unpaired) electrons. The summed E-state index contributed by atoms with van der Waals surface area (Å²) in [5.74, 6) is 0.802. The van der Waals surface area contributed by atoms with E-state index in [2.05, 4.69) is 25.7 Å². The van der Waals surface area contributed by atoms with Crippen molar-refractivity contribution in [1.82, 2.24) is 5.32 Å². The van der Waals surface area contributed by atoms with Crippen LogP contribution >= 0.6 is 0 Å². The molecule has 0 aliphatic heterocycles. The Morgan fingerprint density at radius 2 is 2.00 bits per heavy atom. The Bertz CT molecular complexity index is 86.7. The summed E-state index contributed by atoms with van der Waals surface area (Å²) in [5.41, 5.74) is 0. The molecule has 1 unspecified atom stereocenters. The summed E-state index contributed by atoms with van der Waals surface area (Å²) in [7, 11) is 1.98. The average molecular weight is 141 g/mol. The maximum Gasteiger partial charge on any atom is 0.0244 e. The Morgan fingerprint density at radius 3 is 2.30 bits per heavy atom. The van der Waals surface area contributed by atoms with Gasteiger partial charge in [-0.3, -0.25) is 0 Å². The molecule has 0 saturated heterocycles. The second-order valence-electron chi connectivity index (χ2n) is 3.10. The Labute approximate surface area is 64.5 Å². The van der Waals surface area contributed by atoms with Crippen molar-refractivity contribution in [3.8, 4) is 0 Å². The minimum atomic E-state index is 0.502. The summed E-state index contributed by atoms with van der Waals surface area (Å²) in [6.07, 6.45) is 4.46. The molecule has 0 aromatic heterocycles. The first-order chi connectivity index (χ1) is 4.70. The Kier molecular flexibility index (Phi) is 5.32. The van der Waals surface area contributed by atoms with Crippen molar-refractivity contribution in [2.24, 2.45) is 5.92 Å². The lowest BCUT2D eigenvalue weighted by atomic mass is 10.0. The first-order valence-electron chi connectivity index (χ1n) is 4.00. The lowest BCUT2D eigenvalue weighted by Gasteiger charge is -2.11. The first kappa shape index (κ1) is 9.70. The standard InChI is InChI=1S/C9H19N/c1-5-9(10-4)7-6-8(2)3/h5,8-10H,1,6-7H2,2-4H3. The van der Waals surface area contributed by atoms with Gasteiger partial charge < -0.3 is 5.32 Å². The molecule has 0 heterocycles. The predicted octanol–water partition coefficient (Wildman–Crippen LogP) is 2.20. The Balaban J connectivity index is 3.34.